The number of ether oxygens (including phenoxy) is 2. The van der Waals surface area contributed by atoms with Crippen molar-refractivity contribution in [3.8, 4) is 11.5 Å². The third-order valence-electron chi connectivity index (χ3n) is 4.12. The average molecular weight is 414 g/mol. The second-order valence-corrected chi connectivity index (χ2v) is 6.65. The molecule has 1 heterocycles. The van der Waals surface area contributed by atoms with Gasteiger partial charge < -0.3 is 30.1 Å². The topological polar surface area (TPSA) is 117 Å². The summed E-state index contributed by atoms with van der Waals surface area (Å²) in [6.07, 6.45) is -0.347. The molecule has 10 heteroatoms. The highest BCUT2D eigenvalue weighted by Gasteiger charge is 2.26. The first-order valence-electron chi connectivity index (χ1n) is 8.85. The van der Waals surface area contributed by atoms with E-state index in [1.807, 2.05) is 0 Å². The van der Waals surface area contributed by atoms with E-state index in [0.717, 1.165) is 0 Å². The number of rotatable bonds is 6. The third kappa shape index (κ3) is 5.26. The molecule has 1 aromatic rings. The van der Waals surface area contributed by atoms with Gasteiger partial charge in [0.1, 0.15) is 5.69 Å². The Morgan fingerprint density at radius 2 is 2.11 bits per heavy atom. The lowest BCUT2D eigenvalue weighted by Crippen LogP contribution is -2.49. The normalized spacial score (nSPS) is 16.4. The number of hydrogen-bond acceptors (Lipinski definition) is 6. The lowest BCUT2D eigenvalue weighted by Gasteiger charge is -2.32. The minimum absolute atomic E-state index is 0.00188. The fourth-order valence-electron chi connectivity index (χ4n) is 2.80. The maximum atomic E-state index is 12.7. The van der Waals surface area contributed by atoms with E-state index >= 15 is 0 Å². The zero-order chi connectivity index (χ0) is 20.8. The quantitative estimate of drug-likeness (QED) is 0.606. The second kappa shape index (κ2) is 9.61. The van der Waals surface area contributed by atoms with Crippen LogP contribution in [0.15, 0.2) is 6.07 Å². The van der Waals surface area contributed by atoms with E-state index < -0.39 is 17.6 Å². The van der Waals surface area contributed by atoms with Gasteiger partial charge in [-0.2, -0.15) is 0 Å². The van der Waals surface area contributed by atoms with Crippen molar-refractivity contribution in [3.05, 3.63) is 16.7 Å². The SMILES string of the molecule is CCOc1c(C(=O)NCC2CN(C(C)=O)CCO2)cc(Cl)c(NC(C)=O)c1O. The highest BCUT2D eigenvalue weighted by molar-refractivity contribution is 6.34. The number of hydrogen-bond donors (Lipinski definition) is 3. The standard InChI is InChI=1S/C18H24ClN3O6/c1-4-27-17-13(7-14(19)15(16(17)25)21-10(2)23)18(26)20-8-12-9-22(11(3)24)5-6-28-12/h7,12,25H,4-6,8-9H2,1-3H3,(H,20,26)(H,21,23). The van der Waals surface area contributed by atoms with Gasteiger partial charge in [0.15, 0.2) is 11.5 Å². The largest absolute Gasteiger partial charge is 0.503 e. The Morgan fingerprint density at radius 1 is 1.39 bits per heavy atom. The Hall–Kier alpha value is -2.52. The number of aromatic hydroxyl groups is 1. The van der Waals surface area contributed by atoms with Crippen LogP contribution in [0.3, 0.4) is 0 Å². The molecule has 1 unspecified atom stereocenters. The second-order valence-electron chi connectivity index (χ2n) is 6.24. The maximum Gasteiger partial charge on any atom is 0.255 e. The molecule has 0 saturated carbocycles. The van der Waals surface area contributed by atoms with E-state index in [9.17, 15) is 19.5 Å². The van der Waals surface area contributed by atoms with Crippen molar-refractivity contribution >= 4 is 35.0 Å². The molecule has 28 heavy (non-hydrogen) atoms. The van der Waals surface area contributed by atoms with Gasteiger partial charge in [0.05, 0.1) is 29.9 Å². The Bertz CT molecular complexity index is 770. The Balaban J connectivity index is 2.17. The zero-order valence-electron chi connectivity index (χ0n) is 16.0. The van der Waals surface area contributed by atoms with Crippen molar-refractivity contribution in [2.75, 3.05) is 38.2 Å². The molecule has 0 bridgehead atoms. The highest BCUT2D eigenvalue weighted by atomic mass is 35.5. The van der Waals surface area contributed by atoms with Crippen molar-refractivity contribution in [2.45, 2.75) is 26.9 Å². The van der Waals surface area contributed by atoms with E-state index in [2.05, 4.69) is 10.6 Å². The summed E-state index contributed by atoms with van der Waals surface area (Å²) in [5.41, 5.74) is -0.000402. The molecule has 3 N–H and O–H groups in total. The van der Waals surface area contributed by atoms with Crippen LogP contribution in [0.25, 0.3) is 0 Å². The Kier molecular flexibility index (Phi) is 7.47. The molecule has 1 saturated heterocycles. The van der Waals surface area contributed by atoms with Gasteiger partial charge in [-0.05, 0) is 13.0 Å². The smallest absolute Gasteiger partial charge is 0.255 e. The first-order valence-corrected chi connectivity index (χ1v) is 9.23. The number of morpholine rings is 1. The number of nitrogens with one attached hydrogen (secondary N) is 2. The molecule has 1 atom stereocenters. The first kappa shape index (κ1) is 21.8. The number of phenols is 1. The zero-order valence-corrected chi connectivity index (χ0v) is 16.8. The number of amides is 3. The molecule has 1 aliphatic rings. The van der Waals surface area contributed by atoms with Gasteiger partial charge in [-0.3, -0.25) is 14.4 Å². The van der Waals surface area contributed by atoms with Gasteiger partial charge in [0.25, 0.3) is 5.91 Å². The van der Waals surface area contributed by atoms with E-state index in [1.165, 1.54) is 19.9 Å². The summed E-state index contributed by atoms with van der Waals surface area (Å²) in [5.74, 6) is -1.52. The molecule has 0 aromatic heterocycles. The highest BCUT2D eigenvalue weighted by Crippen LogP contribution is 2.42. The van der Waals surface area contributed by atoms with Crippen LogP contribution in [0.1, 0.15) is 31.1 Å². The molecule has 154 valence electrons. The number of phenolic OH excluding ortho intramolecular Hbond substituents is 1. The van der Waals surface area contributed by atoms with Gasteiger partial charge in [-0.1, -0.05) is 11.6 Å². The number of carbonyl (C=O) groups is 3. The average Bonchev–Trinajstić information content (AvgIpc) is 2.65. The third-order valence-corrected chi connectivity index (χ3v) is 4.41. The lowest BCUT2D eigenvalue weighted by molar-refractivity contribution is -0.136. The number of carbonyl (C=O) groups excluding carboxylic acids is 3. The minimum Gasteiger partial charge on any atom is -0.503 e. The summed E-state index contributed by atoms with van der Waals surface area (Å²) < 4.78 is 11.0. The van der Waals surface area contributed by atoms with E-state index in [0.29, 0.717) is 19.7 Å². The van der Waals surface area contributed by atoms with Crippen LogP contribution in [0.4, 0.5) is 5.69 Å². The summed E-state index contributed by atoms with van der Waals surface area (Å²) in [6.45, 7) is 6.09. The predicted molar refractivity (Wildman–Crippen MR) is 103 cm³/mol. The van der Waals surface area contributed by atoms with Crippen molar-refractivity contribution in [1.29, 1.82) is 0 Å². The van der Waals surface area contributed by atoms with Crippen LogP contribution in [0.2, 0.25) is 5.02 Å². The Morgan fingerprint density at radius 3 is 2.71 bits per heavy atom. The molecule has 1 aliphatic heterocycles. The molecule has 3 amide bonds. The van der Waals surface area contributed by atoms with Gasteiger partial charge in [0.2, 0.25) is 11.8 Å². The van der Waals surface area contributed by atoms with Crippen LogP contribution < -0.4 is 15.4 Å². The maximum absolute atomic E-state index is 12.7. The minimum atomic E-state index is -0.529. The fraction of sp³-hybridized carbons (Fsp3) is 0.500. The first-order chi connectivity index (χ1) is 13.2. The van der Waals surface area contributed by atoms with Crippen molar-refractivity contribution in [2.24, 2.45) is 0 Å². The molecular weight excluding hydrogens is 390 g/mol. The fourth-order valence-corrected chi connectivity index (χ4v) is 3.05. The molecule has 1 aromatic carbocycles. The van der Waals surface area contributed by atoms with Crippen LogP contribution in [0.5, 0.6) is 11.5 Å². The summed E-state index contributed by atoms with van der Waals surface area (Å²) in [7, 11) is 0. The number of nitrogens with zero attached hydrogens (tertiary/aromatic N) is 1. The van der Waals surface area contributed by atoms with E-state index in [-0.39, 0.29) is 47.2 Å². The van der Waals surface area contributed by atoms with Gasteiger partial charge in [-0.15, -0.1) is 0 Å². The van der Waals surface area contributed by atoms with Crippen LogP contribution in [0, 0.1) is 0 Å². The summed E-state index contributed by atoms with van der Waals surface area (Å²) in [5, 5.41) is 15.5. The number of benzene rings is 1. The molecule has 0 aliphatic carbocycles. The number of anilines is 1. The summed E-state index contributed by atoms with van der Waals surface area (Å²) >= 11 is 6.12. The monoisotopic (exact) mass is 413 g/mol. The molecular formula is C18H24ClN3O6. The molecule has 1 fully saturated rings. The van der Waals surface area contributed by atoms with Gasteiger partial charge in [-0.25, -0.2) is 0 Å². The van der Waals surface area contributed by atoms with E-state index in [1.54, 1.807) is 11.8 Å². The van der Waals surface area contributed by atoms with Crippen molar-refractivity contribution < 1.29 is 29.0 Å². The van der Waals surface area contributed by atoms with Crippen LogP contribution >= 0.6 is 11.6 Å². The van der Waals surface area contributed by atoms with Gasteiger partial charge in [0, 0.05) is 33.5 Å². The predicted octanol–water partition coefficient (Wildman–Crippen LogP) is 1.38. The molecule has 0 radical (unpaired) electrons. The Labute approximate surface area is 167 Å². The summed E-state index contributed by atoms with van der Waals surface area (Å²) in [6, 6.07) is 1.32. The number of halogens is 1. The summed E-state index contributed by atoms with van der Waals surface area (Å²) in [4.78, 5) is 37.1. The van der Waals surface area contributed by atoms with Crippen LogP contribution in [-0.2, 0) is 14.3 Å². The van der Waals surface area contributed by atoms with Crippen LogP contribution in [-0.4, -0.2) is 66.7 Å². The molecule has 0 spiro atoms. The van der Waals surface area contributed by atoms with Crippen molar-refractivity contribution in [3.63, 3.8) is 0 Å². The molecule has 2 rings (SSSR count). The van der Waals surface area contributed by atoms with Crippen molar-refractivity contribution in [1.82, 2.24) is 10.2 Å². The molecule has 9 nitrogen and oxygen atoms in total. The van der Waals surface area contributed by atoms with Gasteiger partial charge >= 0.3 is 0 Å². The van der Waals surface area contributed by atoms with E-state index in [4.69, 9.17) is 21.1 Å². The lowest BCUT2D eigenvalue weighted by atomic mass is 10.1.